The number of para-hydroxylation sites is 1. The molecule has 1 heterocycles. The first-order chi connectivity index (χ1) is 14.7. The minimum atomic E-state index is -0.474. The van der Waals surface area contributed by atoms with Crippen molar-refractivity contribution in [3.63, 3.8) is 0 Å². The van der Waals surface area contributed by atoms with Crippen molar-refractivity contribution in [1.29, 1.82) is 0 Å². The number of aromatic nitrogens is 1. The number of benzene rings is 2. The quantitative estimate of drug-likeness (QED) is 0.321. The van der Waals surface area contributed by atoms with E-state index in [4.69, 9.17) is 14.2 Å². The molecule has 5 heteroatoms. The summed E-state index contributed by atoms with van der Waals surface area (Å²) in [4.78, 5) is 12.2. The Bertz CT molecular complexity index is 993. The van der Waals surface area contributed by atoms with Crippen molar-refractivity contribution in [1.82, 2.24) is 4.57 Å². The Hall–Kier alpha value is -3.15. The molecular weight excluding hydrogens is 378 g/mol. The number of esters is 1. The second kappa shape index (κ2) is 10.6. The second-order valence-corrected chi connectivity index (χ2v) is 6.87. The maximum Gasteiger partial charge on any atom is 0.340 e. The molecule has 1 aromatic heterocycles. The first-order valence-electron chi connectivity index (χ1n) is 9.86. The molecule has 0 unspecified atom stereocenters. The first kappa shape index (κ1) is 21.6. The molecule has 0 aliphatic rings. The fourth-order valence-corrected chi connectivity index (χ4v) is 3.35. The van der Waals surface area contributed by atoms with Crippen LogP contribution in [0.5, 0.6) is 0 Å². The van der Waals surface area contributed by atoms with Gasteiger partial charge in [-0.05, 0) is 24.1 Å². The van der Waals surface area contributed by atoms with Crippen LogP contribution in [0.2, 0.25) is 0 Å². The van der Waals surface area contributed by atoms with E-state index in [1.54, 1.807) is 12.3 Å². The van der Waals surface area contributed by atoms with E-state index in [0.29, 0.717) is 25.2 Å². The van der Waals surface area contributed by atoms with E-state index in [0.717, 1.165) is 16.5 Å². The lowest BCUT2D eigenvalue weighted by Crippen LogP contribution is -2.24. The molecule has 30 heavy (non-hydrogen) atoms. The van der Waals surface area contributed by atoms with Crippen LogP contribution in [-0.4, -0.2) is 30.4 Å². The Kier molecular flexibility index (Phi) is 7.60. The van der Waals surface area contributed by atoms with Gasteiger partial charge < -0.3 is 18.8 Å². The molecule has 3 rings (SSSR count). The zero-order valence-electron chi connectivity index (χ0n) is 17.2. The molecular formula is C25H27NO4. The lowest BCUT2D eigenvalue weighted by Gasteiger charge is -2.24. The molecule has 0 fully saturated rings. The van der Waals surface area contributed by atoms with Crippen molar-refractivity contribution in [2.45, 2.75) is 25.4 Å². The van der Waals surface area contributed by atoms with Gasteiger partial charge in [0.2, 0.25) is 0 Å². The van der Waals surface area contributed by atoms with Gasteiger partial charge >= 0.3 is 5.97 Å². The van der Waals surface area contributed by atoms with Gasteiger partial charge in [0, 0.05) is 11.6 Å². The number of methoxy groups -OCH3 is 1. The van der Waals surface area contributed by atoms with Crippen molar-refractivity contribution in [3.05, 3.63) is 97.2 Å². The van der Waals surface area contributed by atoms with Crippen molar-refractivity contribution in [3.8, 4) is 0 Å². The summed E-state index contributed by atoms with van der Waals surface area (Å²) >= 11 is 0. The number of hydrogen-bond acceptors (Lipinski definition) is 4. The van der Waals surface area contributed by atoms with Crippen molar-refractivity contribution in [2.24, 2.45) is 0 Å². The van der Waals surface area contributed by atoms with Gasteiger partial charge in [-0.1, -0.05) is 61.2 Å². The van der Waals surface area contributed by atoms with E-state index in [2.05, 4.69) is 13.2 Å². The van der Waals surface area contributed by atoms with Crippen molar-refractivity contribution < 1.29 is 19.0 Å². The molecule has 0 saturated carbocycles. The van der Waals surface area contributed by atoms with E-state index in [1.165, 1.54) is 7.11 Å². The van der Waals surface area contributed by atoms with Crippen LogP contribution in [0.25, 0.3) is 10.9 Å². The fraction of sp³-hybridized carbons (Fsp3) is 0.240. The van der Waals surface area contributed by atoms with Crippen LogP contribution in [0.3, 0.4) is 0 Å². The third-order valence-corrected chi connectivity index (χ3v) is 4.80. The van der Waals surface area contributed by atoms with Gasteiger partial charge in [-0.25, -0.2) is 4.79 Å². The molecule has 0 aliphatic heterocycles. The maximum absolute atomic E-state index is 12.2. The highest BCUT2D eigenvalue weighted by Gasteiger charge is 2.21. The van der Waals surface area contributed by atoms with Crippen LogP contribution in [-0.2, 0) is 20.8 Å². The highest BCUT2D eigenvalue weighted by atomic mass is 16.5. The number of carbonyl (C=O) groups excluding carboxylic acids is 1. The summed E-state index contributed by atoms with van der Waals surface area (Å²) in [5.74, 6) is -0.387. The molecule has 2 aromatic carbocycles. The Morgan fingerprint density at radius 3 is 2.53 bits per heavy atom. The molecule has 0 aliphatic carbocycles. The van der Waals surface area contributed by atoms with E-state index in [9.17, 15) is 4.79 Å². The van der Waals surface area contributed by atoms with Gasteiger partial charge in [0.05, 0.1) is 37.5 Å². The average molecular weight is 405 g/mol. The molecule has 0 spiro atoms. The van der Waals surface area contributed by atoms with Crippen LogP contribution < -0.4 is 0 Å². The maximum atomic E-state index is 12.2. The summed E-state index contributed by atoms with van der Waals surface area (Å²) in [6, 6.07) is 17.6. The number of ether oxygens (including phenoxy) is 3. The summed E-state index contributed by atoms with van der Waals surface area (Å²) in [6.07, 6.45) is 5.21. The molecule has 5 nitrogen and oxygen atoms in total. The Morgan fingerprint density at radius 2 is 1.83 bits per heavy atom. The zero-order chi connectivity index (χ0) is 21.3. The smallest absolute Gasteiger partial charge is 0.340 e. The van der Waals surface area contributed by atoms with Gasteiger partial charge in [0.1, 0.15) is 0 Å². The molecule has 0 amide bonds. The highest BCUT2D eigenvalue weighted by Crippen LogP contribution is 2.27. The van der Waals surface area contributed by atoms with Gasteiger partial charge in [0.25, 0.3) is 0 Å². The molecule has 156 valence electrons. The van der Waals surface area contributed by atoms with E-state index in [1.807, 2.05) is 65.2 Å². The number of nitrogens with zero attached hydrogens (tertiary/aromatic N) is 1. The monoisotopic (exact) mass is 405 g/mol. The Morgan fingerprint density at radius 1 is 1.10 bits per heavy atom. The molecule has 0 N–H and O–H groups in total. The molecule has 0 radical (unpaired) electrons. The van der Waals surface area contributed by atoms with Gasteiger partial charge in [0.15, 0.2) is 6.23 Å². The zero-order valence-corrected chi connectivity index (χ0v) is 17.2. The van der Waals surface area contributed by atoms with Crippen LogP contribution in [0.4, 0.5) is 0 Å². The first-order valence-corrected chi connectivity index (χ1v) is 9.86. The summed E-state index contributed by atoms with van der Waals surface area (Å²) in [6.45, 7) is 8.68. The molecule has 3 aromatic rings. The molecule has 0 bridgehead atoms. The third-order valence-electron chi connectivity index (χ3n) is 4.80. The summed E-state index contributed by atoms with van der Waals surface area (Å²) < 4.78 is 19.0. The lowest BCUT2D eigenvalue weighted by molar-refractivity contribution is -0.0666. The minimum Gasteiger partial charge on any atom is -0.465 e. The SMILES string of the molecule is C=CC[C@@H](COCc1ccccc1)O[C@H](C=C)n1cc(C(=O)OC)c2ccccc21. The third kappa shape index (κ3) is 5.06. The fourth-order valence-electron chi connectivity index (χ4n) is 3.35. The summed E-state index contributed by atoms with van der Waals surface area (Å²) in [5, 5.41) is 0.806. The van der Waals surface area contributed by atoms with Gasteiger partial charge in [-0.2, -0.15) is 0 Å². The van der Waals surface area contributed by atoms with Crippen molar-refractivity contribution >= 4 is 16.9 Å². The highest BCUT2D eigenvalue weighted by molar-refractivity contribution is 6.04. The van der Waals surface area contributed by atoms with Crippen LogP contribution >= 0.6 is 0 Å². The van der Waals surface area contributed by atoms with E-state index in [-0.39, 0.29) is 12.1 Å². The van der Waals surface area contributed by atoms with Crippen LogP contribution in [0.1, 0.15) is 28.6 Å². The van der Waals surface area contributed by atoms with Crippen LogP contribution in [0.15, 0.2) is 86.1 Å². The number of fused-ring (bicyclic) bond motifs is 1. The normalized spacial score (nSPS) is 13.0. The Balaban J connectivity index is 1.77. The standard InChI is InChI=1S/C25H27NO4/c1-4-11-20(18-29-17-19-12-7-6-8-13-19)30-24(5-2)26-16-22(25(27)28-3)21-14-9-10-15-23(21)26/h4-10,12-16,20,24H,1-2,11,17-18H2,3H3/t20-,24+/m0/s1. The predicted octanol–water partition coefficient (Wildman–Crippen LogP) is 5.29. The molecule has 0 saturated heterocycles. The number of rotatable bonds is 11. The molecule has 2 atom stereocenters. The number of hydrogen-bond donors (Lipinski definition) is 0. The van der Waals surface area contributed by atoms with Crippen LogP contribution in [0, 0.1) is 0 Å². The average Bonchev–Trinajstić information content (AvgIpc) is 3.17. The Labute approximate surface area is 177 Å². The lowest BCUT2D eigenvalue weighted by atomic mass is 10.2. The van der Waals surface area contributed by atoms with E-state index >= 15 is 0 Å². The topological polar surface area (TPSA) is 49.7 Å². The summed E-state index contributed by atoms with van der Waals surface area (Å²) in [7, 11) is 1.38. The van der Waals surface area contributed by atoms with Gasteiger partial charge in [-0.15, -0.1) is 6.58 Å². The number of carbonyl (C=O) groups is 1. The van der Waals surface area contributed by atoms with Crippen molar-refractivity contribution in [2.75, 3.05) is 13.7 Å². The largest absolute Gasteiger partial charge is 0.465 e. The van der Waals surface area contributed by atoms with E-state index < -0.39 is 6.23 Å². The van der Waals surface area contributed by atoms with Gasteiger partial charge in [-0.3, -0.25) is 0 Å². The summed E-state index contributed by atoms with van der Waals surface area (Å²) in [5.41, 5.74) is 2.46. The predicted molar refractivity (Wildman–Crippen MR) is 118 cm³/mol. The minimum absolute atomic E-state index is 0.211. The second-order valence-electron chi connectivity index (χ2n) is 6.87.